The van der Waals surface area contributed by atoms with Crippen molar-refractivity contribution < 1.29 is 19.1 Å². The molecule has 0 atom stereocenters. The first-order valence-corrected chi connectivity index (χ1v) is 5.87. The lowest BCUT2D eigenvalue weighted by Crippen LogP contribution is -2.53. The van der Waals surface area contributed by atoms with Crippen molar-refractivity contribution in [3.05, 3.63) is 18.2 Å². The number of carbonyl (C=O) groups excluding carboxylic acids is 2. The third-order valence-electron chi connectivity index (χ3n) is 3.11. The Hall–Kier alpha value is -2.24. The Morgan fingerprint density at radius 3 is 2.32 bits per heavy atom. The second kappa shape index (κ2) is 5.17. The van der Waals surface area contributed by atoms with E-state index in [1.807, 2.05) is 0 Å². The number of hydrogen-bond acceptors (Lipinski definition) is 4. The van der Waals surface area contributed by atoms with E-state index in [1.54, 1.807) is 32.4 Å². The van der Waals surface area contributed by atoms with E-state index in [0.29, 0.717) is 30.3 Å². The van der Waals surface area contributed by atoms with E-state index in [9.17, 15) is 9.59 Å². The van der Waals surface area contributed by atoms with Crippen LogP contribution in [0.15, 0.2) is 18.2 Å². The molecule has 0 unspecified atom stereocenters. The van der Waals surface area contributed by atoms with Crippen LogP contribution >= 0.6 is 0 Å². The number of hydrogen-bond donors (Lipinski definition) is 0. The number of carbonyl (C=O) groups is 2. The zero-order valence-corrected chi connectivity index (χ0v) is 11.2. The smallest absolute Gasteiger partial charge is 0.316 e. The number of ether oxygens (including phenoxy) is 2. The maximum Gasteiger partial charge on any atom is 0.316 e. The van der Waals surface area contributed by atoms with Crippen LogP contribution in [0.4, 0.5) is 5.69 Å². The summed E-state index contributed by atoms with van der Waals surface area (Å²) < 4.78 is 10.3. The number of nitrogens with zero attached hydrogens (tertiary/aromatic N) is 2. The summed E-state index contributed by atoms with van der Waals surface area (Å²) >= 11 is 0. The second-order valence-corrected chi connectivity index (χ2v) is 4.22. The molecule has 1 aliphatic heterocycles. The highest BCUT2D eigenvalue weighted by molar-refractivity contribution is 6.40. The first kappa shape index (κ1) is 13.2. The largest absolute Gasteiger partial charge is 0.493 e. The maximum atomic E-state index is 12.0. The summed E-state index contributed by atoms with van der Waals surface area (Å²) in [5, 5.41) is 0. The fourth-order valence-electron chi connectivity index (χ4n) is 1.97. The number of anilines is 1. The van der Waals surface area contributed by atoms with E-state index < -0.39 is 11.8 Å². The van der Waals surface area contributed by atoms with Crippen molar-refractivity contribution in [3.63, 3.8) is 0 Å². The van der Waals surface area contributed by atoms with E-state index in [0.717, 1.165) is 0 Å². The fraction of sp³-hybridized carbons (Fsp3) is 0.385. The molecule has 2 rings (SSSR count). The molecule has 6 heteroatoms. The average Bonchev–Trinajstić information content (AvgIpc) is 2.44. The highest BCUT2D eigenvalue weighted by Gasteiger charge is 2.31. The molecule has 0 N–H and O–H groups in total. The third kappa shape index (κ3) is 2.33. The van der Waals surface area contributed by atoms with Gasteiger partial charge in [-0.1, -0.05) is 0 Å². The van der Waals surface area contributed by atoms with Crippen molar-refractivity contribution in [2.45, 2.75) is 0 Å². The van der Waals surface area contributed by atoms with Gasteiger partial charge >= 0.3 is 11.8 Å². The number of amides is 2. The van der Waals surface area contributed by atoms with Crippen LogP contribution in [0.2, 0.25) is 0 Å². The minimum atomic E-state index is -0.527. The van der Waals surface area contributed by atoms with Crippen molar-refractivity contribution in [1.82, 2.24) is 4.90 Å². The third-order valence-corrected chi connectivity index (χ3v) is 3.11. The Morgan fingerprint density at radius 2 is 1.68 bits per heavy atom. The summed E-state index contributed by atoms with van der Waals surface area (Å²) in [7, 11) is 4.69. The Kier molecular flexibility index (Phi) is 3.59. The monoisotopic (exact) mass is 264 g/mol. The van der Waals surface area contributed by atoms with E-state index in [2.05, 4.69) is 0 Å². The van der Waals surface area contributed by atoms with Crippen LogP contribution in [-0.2, 0) is 9.59 Å². The lowest BCUT2D eigenvalue weighted by Gasteiger charge is -2.31. The predicted octanol–water partition coefficient (Wildman–Crippen LogP) is 0.509. The van der Waals surface area contributed by atoms with E-state index >= 15 is 0 Å². The summed E-state index contributed by atoms with van der Waals surface area (Å²) in [5.74, 6) is 0.0836. The van der Waals surface area contributed by atoms with Gasteiger partial charge in [0.25, 0.3) is 0 Å². The number of rotatable bonds is 3. The second-order valence-electron chi connectivity index (χ2n) is 4.22. The quantitative estimate of drug-likeness (QED) is 0.746. The van der Waals surface area contributed by atoms with Crippen LogP contribution in [0.1, 0.15) is 0 Å². The molecular weight excluding hydrogens is 248 g/mol. The topological polar surface area (TPSA) is 59.1 Å². The van der Waals surface area contributed by atoms with Crippen LogP contribution in [0, 0.1) is 0 Å². The highest BCUT2D eigenvalue weighted by atomic mass is 16.5. The maximum absolute atomic E-state index is 12.0. The molecule has 1 aromatic rings. The van der Waals surface area contributed by atoms with Gasteiger partial charge in [-0.3, -0.25) is 9.59 Å². The molecule has 0 saturated carbocycles. The van der Waals surface area contributed by atoms with Gasteiger partial charge in [-0.05, 0) is 12.1 Å². The molecule has 1 fully saturated rings. The molecule has 1 heterocycles. The van der Waals surface area contributed by atoms with E-state index in [-0.39, 0.29) is 0 Å². The highest BCUT2D eigenvalue weighted by Crippen LogP contribution is 2.32. The molecule has 1 aromatic carbocycles. The lowest BCUT2D eigenvalue weighted by atomic mass is 10.2. The molecule has 0 aliphatic carbocycles. The fourth-order valence-corrected chi connectivity index (χ4v) is 1.97. The molecule has 0 aromatic heterocycles. The zero-order valence-electron chi connectivity index (χ0n) is 11.2. The summed E-state index contributed by atoms with van der Waals surface area (Å²) in [4.78, 5) is 26.5. The van der Waals surface area contributed by atoms with Crippen LogP contribution in [-0.4, -0.2) is 51.1 Å². The van der Waals surface area contributed by atoms with E-state index in [1.165, 1.54) is 16.9 Å². The van der Waals surface area contributed by atoms with Crippen LogP contribution < -0.4 is 14.4 Å². The molecule has 0 bridgehead atoms. The van der Waals surface area contributed by atoms with Gasteiger partial charge in [0.2, 0.25) is 0 Å². The van der Waals surface area contributed by atoms with Crippen LogP contribution in [0.3, 0.4) is 0 Å². The molecule has 102 valence electrons. The van der Waals surface area contributed by atoms with Crippen LogP contribution in [0.25, 0.3) is 0 Å². The Labute approximate surface area is 111 Å². The zero-order chi connectivity index (χ0) is 14.0. The first-order chi connectivity index (χ1) is 9.08. The molecule has 19 heavy (non-hydrogen) atoms. The van der Waals surface area contributed by atoms with Gasteiger partial charge in [0, 0.05) is 31.9 Å². The SMILES string of the molecule is COc1ccc(N2CCN(C)C(=O)C2=O)cc1OC. The lowest BCUT2D eigenvalue weighted by molar-refractivity contribution is -0.145. The molecule has 2 amide bonds. The predicted molar refractivity (Wildman–Crippen MR) is 69.5 cm³/mol. The Bertz CT molecular complexity index is 515. The van der Waals surface area contributed by atoms with Gasteiger partial charge < -0.3 is 19.3 Å². The van der Waals surface area contributed by atoms with Gasteiger partial charge in [0.15, 0.2) is 11.5 Å². The summed E-state index contributed by atoms with van der Waals surface area (Å²) in [6, 6.07) is 5.14. The molecule has 1 aliphatic rings. The van der Waals surface area contributed by atoms with Crippen molar-refractivity contribution in [2.75, 3.05) is 39.3 Å². The van der Waals surface area contributed by atoms with Gasteiger partial charge in [0.05, 0.1) is 14.2 Å². The van der Waals surface area contributed by atoms with Crippen molar-refractivity contribution in [3.8, 4) is 11.5 Å². The summed E-state index contributed by atoms with van der Waals surface area (Å²) in [5.41, 5.74) is 0.629. The summed E-state index contributed by atoms with van der Waals surface area (Å²) in [6.45, 7) is 0.982. The summed E-state index contributed by atoms with van der Waals surface area (Å²) in [6.07, 6.45) is 0. The molecule has 0 spiro atoms. The molecular formula is C13H16N2O4. The minimum absolute atomic E-state index is 0.469. The van der Waals surface area contributed by atoms with Gasteiger partial charge in [-0.2, -0.15) is 0 Å². The van der Waals surface area contributed by atoms with Crippen molar-refractivity contribution in [1.29, 1.82) is 0 Å². The number of methoxy groups -OCH3 is 2. The van der Waals surface area contributed by atoms with Gasteiger partial charge in [-0.25, -0.2) is 0 Å². The molecule has 6 nitrogen and oxygen atoms in total. The first-order valence-electron chi connectivity index (χ1n) is 5.87. The minimum Gasteiger partial charge on any atom is -0.493 e. The standard InChI is InChI=1S/C13H16N2O4/c1-14-6-7-15(13(17)12(14)16)9-4-5-10(18-2)11(8-9)19-3/h4-5,8H,6-7H2,1-3H3. The molecule has 1 saturated heterocycles. The van der Waals surface area contributed by atoms with Gasteiger partial charge in [-0.15, -0.1) is 0 Å². The van der Waals surface area contributed by atoms with Crippen molar-refractivity contribution in [2.24, 2.45) is 0 Å². The normalized spacial score (nSPS) is 15.7. The van der Waals surface area contributed by atoms with Gasteiger partial charge in [0.1, 0.15) is 0 Å². The number of likely N-dealkylation sites (N-methyl/N-ethyl adjacent to an activating group) is 1. The average molecular weight is 264 g/mol. The van der Waals surface area contributed by atoms with Crippen LogP contribution in [0.5, 0.6) is 11.5 Å². The number of piperazine rings is 1. The Balaban J connectivity index is 2.32. The van der Waals surface area contributed by atoms with Crippen molar-refractivity contribution >= 4 is 17.5 Å². The molecule has 0 radical (unpaired) electrons. The Morgan fingerprint density at radius 1 is 1.00 bits per heavy atom. The van der Waals surface area contributed by atoms with E-state index in [4.69, 9.17) is 9.47 Å². The number of benzene rings is 1.